The van der Waals surface area contributed by atoms with Gasteiger partial charge in [0, 0.05) is 11.8 Å². The second-order valence-corrected chi connectivity index (χ2v) is 5.10. The molecular weight excluding hydrogens is 280 g/mol. The lowest BCUT2D eigenvalue weighted by Crippen LogP contribution is -2.14. The number of para-hydroxylation sites is 1. The summed E-state index contributed by atoms with van der Waals surface area (Å²) < 4.78 is 10.4. The summed E-state index contributed by atoms with van der Waals surface area (Å²) in [7, 11) is 1.60. The van der Waals surface area contributed by atoms with E-state index in [1.165, 1.54) is 0 Å². The van der Waals surface area contributed by atoms with Crippen LogP contribution in [-0.2, 0) is 6.42 Å². The normalized spacial score (nSPS) is 12.3. The van der Waals surface area contributed by atoms with Gasteiger partial charge in [-0.15, -0.1) is 0 Å². The van der Waals surface area contributed by atoms with Crippen molar-refractivity contribution >= 4 is 11.0 Å². The highest BCUT2D eigenvalue weighted by Crippen LogP contribution is 2.21. The molecule has 0 aliphatic heterocycles. The fraction of sp³-hybridized carbons (Fsp3) is 0.167. The summed E-state index contributed by atoms with van der Waals surface area (Å²) >= 11 is 0. The molecule has 3 aromatic rings. The molecule has 2 aromatic carbocycles. The molecule has 4 nitrogen and oxygen atoms in total. The molecular formula is C18H16O4. The highest BCUT2D eigenvalue weighted by atomic mass is 16.5. The zero-order valence-electron chi connectivity index (χ0n) is 12.2. The van der Waals surface area contributed by atoms with E-state index in [2.05, 4.69) is 0 Å². The molecule has 0 saturated carbocycles. The van der Waals surface area contributed by atoms with Crippen molar-refractivity contribution in [2.24, 2.45) is 0 Å². The molecule has 0 fully saturated rings. The summed E-state index contributed by atoms with van der Waals surface area (Å²) in [5.41, 5.74) is 1.21. The Kier molecular flexibility index (Phi) is 3.94. The standard InChI is InChI=1S/C18H16O4/c1-21-14-8-6-12(7-9-14)10-16(19)15-11-13-4-2-3-5-17(13)22-18(15)20/h2-9,11,16,19H,10H2,1H3. The van der Waals surface area contributed by atoms with E-state index in [1.54, 1.807) is 25.3 Å². The van der Waals surface area contributed by atoms with E-state index >= 15 is 0 Å². The number of rotatable bonds is 4. The number of ether oxygens (including phenoxy) is 1. The minimum atomic E-state index is -0.908. The molecule has 1 unspecified atom stereocenters. The van der Waals surface area contributed by atoms with Crippen LogP contribution in [0.2, 0.25) is 0 Å². The second-order valence-electron chi connectivity index (χ2n) is 5.10. The zero-order chi connectivity index (χ0) is 15.5. The summed E-state index contributed by atoms with van der Waals surface area (Å²) in [6.45, 7) is 0. The van der Waals surface area contributed by atoms with Crippen LogP contribution in [0, 0.1) is 0 Å². The number of aliphatic hydroxyl groups excluding tert-OH is 1. The predicted octanol–water partition coefficient (Wildman–Crippen LogP) is 3.08. The van der Waals surface area contributed by atoms with Crippen molar-refractivity contribution in [3.05, 3.63) is 76.1 Å². The number of aliphatic hydroxyl groups is 1. The lowest BCUT2D eigenvalue weighted by Gasteiger charge is -2.11. The molecule has 112 valence electrons. The maximum absolute atomic E-state index is 12.0. The van der Waals surface area contributed by atoms with Crippen molar-refractivity contribution in [3.63, 3.8) is 0 Å². The van der Waals surface area contributed by atoms with Gasteiger partial charge in [-0.25, -0.2) is 4.79 Å². The Hall–Kier alpha value is -2.59. The largest absolute Gasteiger partial charge is 0.497 e. The van der Waals surface area contributed by atoms with Gasteiger partial charge in [0.2, 0.25) is 0 Å². The second kappa shape index (κ2) is 6.03. The highest BCUT2D eigenvalue weighted by Gasteiger charge is 2.15. The summed E-state index contributed by atoms with van der Waals surface area (Å²) in [6, 6.07) is 16.3. The van der Waals surface area contributed by atoms with Crippen molar-refractivity contribution < 1.29 is 14.3 Å². The average molecular weight is 296 g/mol. The molecule has 0 aliphatic carbocycles. The number of methoxy groups -OCH3 is 1. The number of fused-ring (bicyclic) bond motifs is 1. The smallest absolute Gasteiger partial charge is 0.342 e. The van der Waals surface area contributed by atoms with E-state index in [0.717, 1.165) is 16.7 Å². The van der Waals surface area contributed by atoms with Crippen LogP contribution < -0.4 is 10.4 Å². The lowest BCUT2D eigenvalue weighted by molar-refractivity contribution is 0.174. The molecule has 22 heavy (non-hydrogen) atoms. The van der Waals surface area contributed by atoms with Crippen LogP contribution in [0.15, 0.2) is 63.8 Å². The van der Waals surface area contributed by atoms with Crippen LogP contribution in [-0.4, -0.2) is 12.2 Å². The van der Waals surface area contributed by atoms with Crippen LogP contribution in [0.5, 0.6) is 5.75 Å². The minimum absolute atomic E-state index is 0.273. The van der Waals surface area contributed by atoms with Gasteiger partial charge in [-0.3, -0.25) is 0 Å². The topological polar surface area (TPSA) is 59.7 Å². The highest BCUT2D eigenvalue weighted by molar-refractivity contribution is 5.76. The van der Waals surface area contributed by atoms with Crippen molar-refractivity contribution in [3.8, 4) is 5.75 Å². The van der Waals surface area contributed by atoms with E-state index in [-0.39, 0.29) is 5.56 Å². The average Bonchev–Trinajstić information content (AvgIpc) is 2.54. The fourth-order valence-corrected chi connectivity index (χ4v) is 2.41. The Morgan fingerprint density at radius 1 is 1.14 bits per heavy atom. The van der Waals surface area contributed by atoms with Crippen LogP contribution in [0.1, 0.15) is 17.2 Å². The van der Waals surface area contributed by atoms with E-state index < -0.39 is 11.7 Å². The van der Waals surface area contributed by atoms with Gasteiger partial charge in [-0.1, -0.05) is 30.3 Å². The van der Waals surface area contributed by atoms with Crippen LogP contribution in [0.25, 0.3) is 11.0 Å². The van der Waals surface area contributed by atoms with Crippen molar-refractivity contribution in [1.29, 1.82) is 0 Å². The molecule has 0 amide bonds. The zero-order valence-corrected chi connectivity index (χ0v) is 12.2. The SMILES string of the molecule is COc1ccc(CC(O)c2cc3ccccc3oc2=O)cc1. The molecule has 0 aliphatic rings. The first-order valence-electron chi connectivity index (χ1n) is 7.01. The number of hydrogen-bond donors (Lipinski definition) is 1. The molecule has 3 rings (SSSR count). The summed E-state index contributed by atoms with van der Waals surface area (Å²) in [5.74, 6) is 0.753. The molecule has 0 spiro atoms. The van der Waals surface area contributed by atoms with Gasteiger partial charge in [0.05, 0.1) is 18.8 Å². The number of benzene rings is 2. The van der Waals surface area contributed by atoms with Crippen molar-refractivity contribution in [1.82, 2.24) is 0 Å². The predicted molar refractivity (Wildman–Crippen MR) is 84.1 cm³/mol. The van der Waals surface area contributed by atoms with E-state index in [9.17, 15) is 9.90 Å². The van der Waals surface area contributed by atoms with Crippen LogP contribution >= 0.6 is 0 Å². The first-order chi connectivity index (χ1) is 10.7. The summed E-state index contributed by atoms with van der Waals surface area (Å²) in [5, 5.41) is 11.1. The monoisotopic (exact) mass is 296 g/mol. The molecule has 0 saturated heterocycles. The minimum Gasteiger partial charge on any atom is -0.497 e. The van der Waals surface area contributed by atoms with E-state index in [1.807, 2.05) is 36.4 Å². The first-order valence-corrected chi connectivity index (χ1v) is 7.01. The first kappa shape index (κ1) is 14.4. The molecule has 1 aromatic heterocycles. The third-order valence-electron chi connectivity index (χ3n) is 3.62. The Labute approximate surface area is 127 Å². The summed E-state index contributed by atoms with van der Waals surface area (Å²) in [6.07, 6.45) is -0.568. The molecule has 1 N–H and O–H groups in total. The van der Waals surface area contributed by atoms with Crippen LogP contribution in [0.4, 0.5) is 0 Å². The Morgan fingerprint density at radius 2 is 1.86 bits per heavy atom. The van der Waals surface area contributed by atoms with Gasteiger partial charge >= 0.3 is 5.63 Å². The quantitative estimate of drug-likeness (QED) is 0.752. The van der Waals surface area contributed by atoms with E-state index in [4.69, 9.17) is 9.15 Å². The Balaban J connectivity index is 1.89. The van der Waals surface area contributed by atoms with Gasteiger partial charge < -0.3 is 14.3 Å². The van der Waals surface area contributed by atoms with Gasteiger partial charge in [-0.2, -0.15) is 0 Å². The molecule has 1 atom stereocenters. The Bertz CT molecular complexity index is 834. The maximum Gasteiger partial charge on any atom is 0.342 e. The number of hydrogen-bond acceptors (Lipinski definition) is 4. The van der Waals surface area contributed by atoms with Crippen molar-refractivity contribution in [2.75, 3.05) is 7.11 Å². The lowest BCUT2D eigenvalue weighted by atomic mass is 10.0. The van der Waals surface area contributed by atoms with Crippen LogP contribution in [0.3, 0.4) is 0 Å². The molecule has 0 radical (unpaired) electrons. The van der Waals surface area contributed by atoms with Gasteiger partial charge in [0.25, 0.3) is 0 Å². The van der Waals surface area contributed by atoms with Gasteiger partial charge in [0.15, 0.2) is 0 Å². The molecule has 0 bridgehead atoms. The van der Waals surface area contributed by atoms with Crippen molar-refractivity contribution in [2.45, 2.75) is 12.5 Å². The maximum atomic E-state index is 12.0. The third-order valence-corrected chi connectivity index (χ3v) is 3.62. The van der Waals surface area contributed by atoms with E-state index in [0.29, 0.717) is 12.0 Å². The Morgan fingerprint density at radius 3 is 2.59 bits per heavy atom. The molecule has 1 heterocycles. The van der Waals surface area contributed by atoms with Gasteiger partial charge in [-0.05, 0) is 29.8 Å². The van der Waals surface area contributed by atoms with Gasteiger partial charge in [0.1, 0.15) is 11.3 Å². The fourth-order valence-electron chi connectivity index (χ4n) is 2.41. The molecule has 4 heteroatoms. The third kappa shape index (κ3) is 2.87. The summed E-state index contributed by atoms with van der Waals surface area (Å²) in [4.78, 5) is 12.0.